The van der Waals surface area contributed by atoms with Crippen molar-refractivity contribution in [3.63, 3.8) is 0 Å². The first-order chi connectivity index (χ1) is 14.5. The number of aromatic nitrogens is 4. The Morgan fingerprint density at radius 3 is 2.63 bits per heavy atom. The Balaban J connectivity index is 1.71. The molecule has 10 heteroatoms. The second kappa shape index (κ2) is 7.76. The highest BCUT2D eigenvalue weighted by Gasteiger charge is 2.19. The van der Waals surface area contributed by atoms with Crippen LogP contribution in [0.1, 0.15) is 16.1 Å². The Labute approximate surface area is 170 Å². The average Bonchev–Trinajstić information content (AvgIpc) is 3.28. The monoisotopic (exact) mass is 406 g/mol. The highest BCUT2D eigenvalue weighted by atomic mass is 16.6. The summed E-state index contributed by atoms with van der Waals surface area (Å²) in [5, 5.41) is 27.5. The van der Waals surface area contributed by atoms with E-state index in [1.807, 2.05) is 28.8 Å². The van der Waals surface area contributed by atoms with Crippen LogP contribution in [0.3, 0.4) is 0 Å². The molecule has 30 heavy (non-hydrogen) atoms. The number of carbonyl (C=O) groups is 1. The summed E-state index contributed by atoms with van der Waals surface area (Å²) >= 11 is 0. The fourth-order valence-corrected chi connectivity index (χ4v) is 3.21. The van der Waals surface area contributed by atoms with Crippen molar-refractivity contribution in [2.45, 2.75) is 13.5 Å². The van der Waals surface area contributed by atoms with Crippen LogP contribution < -0.4 is 5.32 Å². The number of non-ortho nitro benzene ring substituents is 1. The van der Waals surface area contributed by atoms with E-state index in [1.54, 1.807) is 13.0 Å². The van der Waals surface area contributed by atoms with Crippen molar-refractivity contribution in [1.29, 1.82) is 0 Å². The lowest BCUT2D eigenvalue weighted by atomic mass is 10.2. The molecule has 0 aliphatic heterocycles. The summed E-state index contributed by atoms with van der Waals surface area (Å²) < 4.78 is 3.33. The van der Waals surface area contributed by atoms with Crippen LogP contribution in [0, 0.1) is 17.0 Å². The SMILES string of the molecule is Cc1cc(NC(=O)c2ccc([N+](=O)[O-])cc2)n(-c2nc3ccccc3n2CCO)n1. The van der Waals surface area contributed by atoms with Crippen molar-refractivity contribution in [3.05, 3.63) is 76.0 Å². The summed E-state index contributed by atoms with van der Waals surface area (Å²) in [5.74, 6) is 0.415. The number of aliphatic hydroxyl groups excluding tert-OH is 1. The highest BCUT2D eigenvalue weighted by Crippen LogP contribution is 2.23. The lowest BCUT2D eigenvalue weighted by Gasteiger charge is -2.11. The third-order valence-electron chi connectivity index (χ3n) is 4.56. The van der Waals surface area contributed by atoms with Gasteiger partial charge >= 0.3 is 0 Å². The molecule has 0 bridgehead atoms. The summed E-state index contributed by atoms with van der Waals surface area (Å²) in [7, 11) is 0. The molecule has 2 heterocycles. The van der Waals surface area contributed by atoms with Crippen LogP contribution in [0.4, 0.5) is 11.5 Å². The van der Waals surface area contributed by atoms with E-state index < -0.39 is 10.8 Å². The quantitative estimate of drug-likeness (QED) is 0.374. The van der Waals surface area contributed by atoms with Crippen LogP contribution in [-0.4, -0.2) is 41.9 Å². The third-order valence-corrected chi connectivity index (χ3v) is 4.56. The van der Waals surface area contributed by atoms with Gasteiger partial charge in [-0.05, 0) is 31.2 Å². The van der Waals surface area contributed by atoms with E-state index in [9.17, 15) is 20.0 Å². The Morgan fingerprint density at radius 2 is 1.93 bits per heavy atom. The molecule has 0 aliphatic carbocycles. The van der Waals surface area contributed by atoms with Crippen LogP contribution in [0.2, 0.25) is 0 Å². The lowest BCUT2D eigenvalue weighted by molar-refractivity contribution is -0.384. The van der Waals surface area contributed by atoms with Crippen LogP contribution in [0.15, 0.2) is 54.6 Å². The lowest BCUT2D eigenvalue weighted by Crippen LogP contribution is -2.17. The minimum absolute atomic E-state index is 0.0852. The molecule has 0 saturated heterocycles. The maximum atomic E-state index is 12.7. The number of rotatable bonds is 6. The van der Waals surface area contributed by atoms with Gasteiger partial charge in [0.15, 0.2) is 0 Å². The number of amides is 1. The fraction of sp³-hybridized carbons (Fsp3) is 0.150. The van der Waals surface area contributed by atoms with E-state index in [0.717, 1.165) is 11.0 Å². The number of nitrogens with zero attached hydrogens (tertiary/aromatic N) is 5. The van der Waals surface area contributed by atoms with Gasteiger partial charge in [-0.15, -0.1) is 0 Å². The summed E-state index contributed by atoms with van der Waals surface area (Å²) in [5.41, 5.74) is 2.42. The fourth-order valence-electron chi connectivity index (χ4n) is 3.21. The largest absolute Gasteiger partial charge is 0.395 e. The molecule has 0 atom stereocenters. The van der Waals surface area contributed by atoms with Crippen molar-refractivity contribution < 1.29 is 14.8 Å². The van der Waals surface area contributed by atoms with Gasteiger partial charge in [0.05, 0.1) is 28.3 Å². The van der Waals surface area contributed by atoms with E-state index >= 15 is 0 Å². The third kappa shape index (κ3) is 3.51. The number of aliphatic hydroxyl groups is 1. The number of hydrogen-bond acceptors (Lipinski definition) is 6. The van der Waals surface area contributed by atoms with E-state index in [4.69, 9.17) is 0 Å². The van der Waals surface area contributed by atoms with Gasteiger partial charge in [0.25, 0.3) is 11.6 Å². The number of fused-ring (bicyclic) bond motifs is 1. The molecular weight excluding hydrogens is 388 g/mol. The van der Waals surface area contributed by atoms with Crippen molar-refractivity contribution in [3.8, 4) is 5.95 Å². The summed E-state index contributed by atoms with van der Waals surface area (Å²) in [6.45, 7) is 2.01. The number of nitro benzene ring substituents is 1. The Hall–Kier alpha value is -4.05. The van der Waals surface area contributed by atoms with Crippen LogP contribution >= 0.6 is 0 Å². The van der Waals surface area contributed by atoms with E-state index in [0.29, 0.717) is 24.0 Å². The normalized spacial score (nSPS) is 11.0. The number of nitro groups is 1. The molecule has 2 N–H and O–H groups in total. The molecule has 0 spiro atoms. The van der Waals surface area contributed by atoms with Gasteiger partial charge in [-0.1, -0.05) is 12.1 Å². The van der Waals surface area contributed by atoms with E-state index in [2.05, 4.69) is 15.4 Å². The average molecular weight is 406 g/mol. The molecule has 0 aliphatic rings. The number of aryl methyl sites for hydroxylation is 1. The first-order valence-electron chi connectivity index (χ1n) is 9.17. The molecule has 10 nitrogen and oxygen atoms in total. The first kappa shape index (κ1) is 19.3. The number of anilines is 1. The number of imidazole rings is 1. The number of carbonyl (C=O) groups excluding carboxylic acids is 1. The maximum absolute atomic E-state index is 12.7. The van der Waals surface area contributed by atoms with E-state index in [-0.39, 0.29) is 17.9 Å². The molecule has 0 radical (unpaired) electrons. The van der Waals surface area contributed by atoms with Crippen LogP contribution in [-0.2, 0) is 6.54 Å². The molecule has 0 saturated carbocycles. The smallest absolute Gasteiger partial charge is 0.269 e. The molecule has 2 aromatic heterocycles. The standard InChI is InChI=1S/C20H18N6O4/c1-13-12-18(22-19(28)14-6-8-15(9-7-14)26(29)30)25(23-13)20-21-16-4-2-3-5-17(16)24(20)10-11-27/h2-9,12,27H,10-11H2,1H3,(H,22,28). The zero-order valence-electron chi connectivity index (χ0n) is 16.0. The zero-order chi connectivity index (χ0) is 21.3. The minimum atomic E-state index is -0.522. The predicted molar refractivity (Wildman–Crippen MR) is 110 cm³/mol. The summed E-state index contributed by atoms with van der Waals surface area (Å²) in [6.07, 6.45) is 0. The molecular formula is C20H18N6O4. The molecule has 0 unspecified atom stereocenters. The van der Waals surface area contributed by atoms with E-state index in [1.165, 1.54) is 28.9 Å². The number of hydrogen-bond donors (Lipinski definition) is 2. The topological polar surface area (TPSA) is 128 Å². The van der Waals surface area contributed by atoms with Crippen LogP contribution in [0.25, 0.3) is 17.0 Å². The van der Waals surface area contributed by atoms with Gasteiger partial charge in [-0.2, -0.15) is 9.78 Å². The van der Waals surface area contributed by atoms with Crippen molar-refractivity contribution in [2.75, 3.05) is 11.9 Å². The van der Waals surface area contributed by atoms with Gasteiger partial charge in [0.2, 0.25) is 5.95 Å². The molecule has 4 aromatic rings. The van der Waals surface area contributed by atoms with Crippen molar-refractivity contribution in [1.82, 2.24) is 19.3 Å². The highest BCUT2D eigenvalue weighted by molar-refractivity contribution is 6.04. The summed E-state index contributed by atoms with van der Waals surface area (Å²) in [4.78, 5) is 27.6. The minimum Gasteiger partial charge on any atom is -0.395 e. The van der Waals surface area contributed by atoms with Gasteiger partial charge in [0, 0.05) is 30.3 Å². The first-order valence-corrected chi connectivity index (χ1v) is 9.17. The zero-order valence-corrected chi connectivity index (χ0v) is 16.0. The van der Waals surface area contributed by atoms with Crippen LogP contribution in [0.5, 0.6) is 0 Å². The Bertz CT molecular complexity index is 1240. The predicted octanol–water partition coefficient (Wildman–Crippen LogP) is 2.68. The molecule has 152 valence electrons. The van der Waals surface area contributed by atoms with Gasteiger partial charge < -0.3 is 15.0 Å². The number of nitrogens with one attached hydrogen (secondary N) is 1. The molecule has 1 amide bonds. The van der Waals surface area contributed by atoms with Gasteiger partial charge in [-0.25, -0.2) is 4.98 Å². The number of benzene rings is 2. The molecule has 2 aromatic carbocycles. The van der Waals surface area contributed by atoms with Crippen molar-refractivity contribution in [2.24, 2.45) is 0 Å². The molecule has 4 rings (SSSR count). The number of para-hydroxylation sites is 2. The maximum Gasteiger partial charge on any atom is 0.269 e. The summed E-state index contributed by atoms with van der Waals surface area (Å²) in [6, 6.07) is 14.5. The Kier molecular flexibility index (Phi) is 4.98. The molecule has 0 fully saturated rings. The van der Waals surface area contributed by atoms with Crippen molar-refractivity contribution >= 4 is 28.4 Å². The second-order valence-corrected chi connectivity index (χ2v) is 6.62. The second-order valence-electron chi connectivity index (χ2n) is 6.62. The van der Waals surface area contributed by atoms with Gasteiger partial charge in [0.1, 0.15) is 5.82 Å². The Morgan fingerprint density at radius 1 is 1.20 bits per heavy atom. The van der Waals surface area contributed by atoms with Gasteiger partial charge in [-0.3, -0.25) is 14.9 Å².